The van der Waals surface area contributed by atoms with Crippen molar-refractivity contribution >= 4 is 57.3 Å². The van der Waals surface area contributed by atoms with Crippen LogP contribution < -0.4 is 10.1 Å². The molecular formula is C21H14Cl2F3N5O2S2. The summed E-state index contributed by atoms with van der Waals surface area (Å²) >= 11 is 14.6. The fourth-order valence-corrected chi connectivity index (χ4v) is 4.67. The summed E-state index contributed by atoms with van der Waals surface area (Å²) in [5, 5.41) is 12.6. The Morgan fingerprint density at radius 1 is 1.14 bits per heavy atom. The van der Waals surface area contributed by atoms with E-state index in [1.807, 2.05) is 0 Å². The molecule has 2 aromatic heterocycles. The number of imidazole rings is 1. The normalized spacial score (nSPS) is 11.5. The number of halogens is 5. The van der Waals surface area contributed by atoms with Crippen molar-refractivity contribution < 1.29 is 22.7 Å². The fraction of sp³-hybridized carbons (Fsp3) is 0.143. The number of thioether (sulfide) groups is 1. The molecule has 1 amide bonds. The van der Waals surface area contributed by atoms with Crippen LogP contribution in [0.3, 0.4) is 0 Å². The molecule has 182 valence electrons. The van der Waals surface area contributed by atoms with Gasteiger partial charge in [0.2, 0.25) is 11.0 Å². The van der Waals surface area contributed by atoms with Crippen molar-refractivity contribution in [3.63, 3.8) is 0 Å². The minimum atomic E-state index is -4.80. The second-order valence-corrected chi connectivity index (χ2v) is 9.83. The first-order chi connectivity index (χ1) is 16.6. The molecule has 0 aliphatic rings. The summed E-state index contributed by atoms with van der Waals surface area (Å²) in [4.78, 5) is 16.8. The first kappa shape index (κ1) is 25.3. The number of anilines is 1. The average Bonchev–Trinajstić information content (AvgIpc) is 3.39. The highest BCUT2D eigenvalue weighted by Crippen LogP contribution is 2.34. The van der Waals surface area contributed by atoms with Gasteiger partial charge >= 0.3 is 6.36 Å². The van der Waals surface area contributed by atoms with E-state index in [1.165, 1.54) is 35.6 Å². The SMILES string of the molecule is Cc1nnc(NC(=O)CSc2ncc(-c3ccc(Cl)c(Cl)c3)n2-c2ccc(OC(F)(F)F)cc2)s1. The summed E-state index contributed by atoms with van der Waals surface area (Å²) in [6.45, 7) is 1.77. The number of ether oxygens (including phenoxy) is 1. The third kappa shape index (κ3) is 6.45. The number of alkyl halides is 3. The van der Waals surface area contributed by atoms with E-state index < -0.39 is 6.36 Å². The van der Waals surface area contributed by atoms with Crippen molar-refractivity contribution in [2.24, 2.45) is 0 Å². The van der Waals surface area contributed by atoms with E-state index in [0.29, 0.717) is 42.3 Å². The van der Waals surface area contributed by atoms with E-state index >= 15 is 0 Å². The quantitative estimate of drug-likeness (QED) is 0.256. The summed E-state index contributed by atoms with van der Waals surface area (Å²) in [7, 11) is 0. The van der Waals surface area contributed by atoms with Crippen molar-refractivity contribution in [3.05, 3.63) is 63.7 Å². The summed E-state index contributed by atoms with van der Waals surface area (Å²) in [6, 6.07) is 10.3. The number of amides is 1. The third-order valence-electron chi connectivity index (χ3n) is 4.38. The standard InChI is InChI=1S/C21H14Cl2F3N5O2S2/c1-11-29-30-19(35-11)28-18(32)10-34-20-27-9-17(12-2-7-15(22)16(23)8-12)31(20)13-3-5-14(6-4-13)33-21(24,25)26/h2-9H,10H2,1H3,(H,28,30,32). The third-order valence-corrected chi connectivity index (χ3v) is 6.82. The van der Waals surface area contributed by atoms with Gasteiger partial charge in [0, 0.05) is 11.3 Å². The van der Waals surface area contributed by atoms with E-state index in [4.69, 9.17) is 23.2 Å². The predicted octanol–water partition coefficient (Wildman–Crippen LogP) is 6.64. The van der Waals surface area contributed by atoms with E-state index in [1.54, 1.807) is 35.9 Å². The molecule has 0 fully saturated rings. The molecule has 0 atom stereocenters. The van der Waals surface area contributed by atoms with Crippen molar-refractivity contribution in [3.8, 4) is 22.7 Å². The number of hydrogen-bond acceptors (Lipinski definition) is 7. The Balaban J connectivity index is 1.64. The molecule has 0 bridgehead atoms. The number of rotatable bonds is 7. The Morgan fingerprint density at radius 3 is 2.51 bits per heavy atom. The van der Waals surface area contributed by atoms with Crippen LogP contribution in [0, 0.1) is 6.92 Å². The van der Waals surface area contributed by atoms with Crippen LogP contribution in [0.1, 0.15) is 5.01 Å². The number of benzene rings is 2. The van der Waals surface area contributed by atoms with Crippen molar-refractivity contribution in [1.82, 2.24) is 19.7 Å². The number of carbonyl (C=O) groups is 1. The van der Waals surface area contributed by atoms with Crippen LogP contribution in [0.5, 0.6) is 5.75 Å². The molecule has 0 saturated heterocycles. The molecule has 0 aliphatic heterocycles. The summed E-state index contributed by atoms with van der Waals surface area (Å²) in [5.41, 5.74) is 1.76. The van der Waals surface area contributed by atoms with E-state index in [-0.39, 0.29) is 17.4 Å². The zero-order chi connectivity index (χ0) is 25.2. The van der Waals surface area contributed by atoms with Gasteiger partial charge in [0.05, 0.1) is 27.7 Å². The van der Waals surface area contributed by atoms with Gasteiger partial charge in [-0.1, -0.05) is 52.4 Å². The molecule has 4 rings (SSSR count). The Hall–Kier alpha value is -2.80. The number of carbonyl (C=O) groups excluding carboxylic acids is 1. The smallest absolute Gasteiger partial charge is 0.406 e. The van der Waals surface area contributed by atoms with Gasteiger partial charge in [0.25, 0.3) is 0 Å². The molecule has 4 aromatic rings. The lowest BCUT2D eigenvalue weighted by atomic mass is 10.1. The lowest BCUT2D eigenvalue weighted by Gasteiger charge is -2.14. The highest BCUT2D eigenvalue weighted by Gasteiger charge is 2.31. The lowest BCUT2D eigenvalue weighted by molar-refractivity contribution is -0.274. The van der Waals surface area contributed by atoms with Gasteiger partial charge in [-0.05, 0) is 43.3 Å². The monoisotopic (exact) mass is 559 g/mol. The summed E-state index contributed by atoms with van der Waals surface area (Å²) < 4.78 is 43.3. The van der Waals surface area contributed by atoms with E-state index in [0.717, 1.165) is 11.8 Å². The van der Waals surface area contributed by atoms with Gasteiger partial charge in [0.1, 0.15) is 10.8 Å². The highest BCUT2D eigenvalue weighted by atomic mass is 35.5. The molecular weight excluding hydrogens is 546 g/mol. The minimum Gasteiger partial charge on any atom is -0.406 e. The number of nitrogens with zero attached hydrogens (tertiary/aromatic N) is 4. The van der Waals surface area contributed by atoms with Crippen LogP contribution >= 0.6 is 46.3 Å². The summed E-state index contributed by atoms with van der Waals surface area (Å²) in [5.74, 6) is -0.671. The van der Waals surface area contributed by atoms with E-state index in [9.17, 15) is 18.0 Å². The number of aryl methyl sites for hydroxylation is 1. The van der Waals surface area contributed by atoms with Gasteiger partial charge in [-0.15, -0.1) is 23.4 Å². The molecule has 14 heteroatoms. The Morgan fingerprint density at radius 2 is 1.89 bits per heavy atom. The fourth-order valence-electron chi connectivity index (χ4n) is 2.97. The Kier molecular flexibility index (Phi) is 7.55. The first-order valence-electron chi connectivity index (χ1n) is 9.71. The number of nitrogens with one attached hydrogen (secondary N) is 1. The Labute approximate surface area is 215 Å². The molecule has 0 unspecified atom stereocenters. The molecule has 0 spiro atoms. The molecule has 2 heterocycles. The van der Waals surface area contributed by atoms with Gasteiger partial charge < -0.3 is 4.74 Å². The topological polar surface area (TPSA) is 81.9 Å². The predicted molar refractivity (Wildman–Crippen MR) is 130 cm³/mol. The van der Waals surface area contributed by atoms with Crippen LogP contribution in [0.15, 0.2) is 53.8 Å². The maximum Gasteiger partial charge on any atom is 0.573 e. The second kappa shape index (κ2) is 10.4. The maximum absolute atomic E-state index is 12.6. The van der Waals surface area contributed by atoms with Crippen molar-refractivity contribution in [2.75, 3.05) is 11.1 Å². The molecule has 1 N–H and O–H groups in total. The van der Waals surface area contributed by atoms with Crippen LogP contribution in [-0.4, -0.2) is 37.8 Å². The van der Waals surface area contributed by atoms with Gasteiger partial charge in [-0.25, -0.2) is 4.98 Å². The zero-order valence-electron chi connectivity index (χ0n) is 17.6. The number of hydrogen-bond donors (Lipinski definition) is 1. The second-order valence-electron chi connectivity index (χ2n) is 6.90. The van der Waals surface area contributed by atoms with Gasteiger partial charge in [0.15, 0.2) is 5.16 Å². The highest BCUT2D eigenvalue weighted by molar-refractivity contribution is 7.99. The molecule has 0 radical (unpaired) electrons. The van der Waals surface area contributed by atoms with E-state index in [2.05, 4.69) is 25.2 Å². The van der Waals surface area contributed by atoms with Crippen molar-refractivity contribution in [2.45, 2.75) is 18.4 Å². The van der Waals surface area contributed by atoms with Crippen LogP contribution in [-0.2, 0) is 4.79 Å². The maximum atomic E-state index is 12.6. The summed E-state index contributed by atoms with van der Waals surface area (Å²) in [6.07, 6.45) is -3.23. The molecule has 2 aromatic carbocycles. The first-order valence-corrected chi connectivity index (χ1v) is 12.3. The molecule has 0 saturated carbocycles. The average molecular weight is 560 g/mol. The zero-order valence-corrected chi connectivity index (χ0v) is 20.8. The van der Waals surface area contributed by atoms with Crippen LogP contribution in [0.2, 0.25) is 10.0 Å². The minimum absolute atomic E-state index is 0.00568. The molecule has 0 aliphatic carbocycles. The lowest BCUT2D eigenvalue weighted by Crippen LogP contribution is -2.17. The van der Waals surface area contributed by atoms with Gasteiger partial charge in [-0.3, -0.25) is 14.7 Å². The number of aromatic nitrogens is 4. The van der Waals surface area contributed by atoms with Gasteiger partial charge in [-0.2, -0.15) is 0 Å². The Bertz CT molecular complexity index is 1360. The molecule has 7 nitrogen and oxygen atoms in total. The van der Waals surface area contributed by atoms with Crippen LogP contribution in [0.25, 0.3) is 16.9 Å². The van der Waals surface area contributed by atoms with Crippen LogP contribution in [0.4, 0.5) is 18.3 Å². The van der Waals surface area contributed by atoms with Crippen molar-refractivity contribution in [1.29, 1.82) is 0 Å². The molecule has 35 heavy (non-hydrogen) atoms. The largest absolute Gasteiger partial charge is 0.573 e.